The van der Waals surface area contributed by atoms with Gasteiger partial charge in [0.05, 0.1) is 49.3 Å². The standard InChI is InChI=1S/C24H26IN7O5/c25-31-17(24(34)35)6-10-37-16-3-1-15(2-4-16)18-14-28-22(26)21(29-18)23(33)30-19-13-27-7-5-20(19)32-8-11-36-12-9-32/h1-5,7,13-14,17,31H,6,8-12H2,(H2,26,28)(H,30,33)(H,34,35)/t17-/m0/s1. The van der Waals surface area contributed by atoms with Gasteiger partial charge in [0.15, 0.2) is 11.5 Å². The van der Waals surface area contributed by atoms with Crippen LogP contribution in [-0.4, -0.2) is 70.9 Å². The number of anilines is 3. The minimum atomic E-state index is -0.934. The lowest BCUT2D eigenvalue weighted by Crippen LogP contribution is -2.36. The van der Waals surface area contributed by atoms with Crippen LogP contribution in [0, 0.1) is 0 Å². The van der Waals surface area contributed by atoms with E-state index in [9.17, 15) is 9.59 Å². The van der Waals surface area contributed by atoms with Gasteiger partial charge < -0.3 is 30.5 Å². The molecule has 2 aromatic heterocycles. The molecule has 0 aliphatic carbocycles. The average molecular weight is 619 g/mol. The average Bonchev–Trinajstić information content (AvgIpc) is 2.92. The molecule has 1 aliphatic heterocycles. The number of ether oxygens (including phenoxy) is 2. The van der Waals surface area contributed by atoms with E-state index in [1.807, 2.05) is 28.9 Å². The predicted octanol–water partition coefficient (Wildman–Crippen LogP) is 2.37. The van der Waals surface area contributed by atoms with E-state index in [2.05, 4.69) is 28.7 Å². The number of carbonyl (C=O) groups is 2. The van der Waals surface area contributed by atoms with Gasteiger partial charge in [-0.05, 0) is 30.3 Å². The summed E-state index contributed by atoms with van der Waals surface area (Å²) >= 11 is 1.81. The molecular weight excluding hydrogens is 593 g/mol. The molecule has 1 amide bonds. The highest BCUT2D eigenvalue weighted by atomic mass is 127. The van der Waals surface area contributed by atoms with Crippen molar-refractivity contribution in [3.05, 3.63) is 54.6 Å². The fourth-order valence-corrected chi connectivity index (χ4v) is 4.27. The first-order valence-corrected chi connectivity index (χ1v) is 12.6. The molecule has 1 fully saturated rings. The largest absolute Gasteiger partial charge is 0.494 e. The molecule has 1 saturated heterocycles. The van der Waals surface area contributed by atoms with Crippen LogP contribution in [0.5, 0.6) is 5.75 Å². The summed E-state index contributed by atoms with van der Waals surface area (Å²) in [5, 5.41) is 12.0. The molecule has 1 aliphatic rings. The maximum absolute atomic E-state index is 13.1. The Morgan fingerprint density at radius 2 is 1.95 bits per heavy atom. The van der Waals surface area contributed by atoms with Crippen molar-refractivity contribution in [1.29, 1.82) is 0 Å². The normalized spacial score (nSPS) is 14.1. The van der Waals surface area contributed by atoms with Gasteiger partial charge in [0.2, 0.25) is 0 Å². The Labute approximate surface area is 227 Å². The fraction of sp³-hybridized carbons (Fsp3) is 0.292. The number of carboxylic acids is 1. The first-order valence-electron chi connectivity index (χ1n) is 11.5. The number of morpholine rings is 1. The van der Waals surface area contributed by atoms with Crippen molar-refractivity contribution in [3.8, 4) is 17.0 Å². The molecule has 5 N–H and O–H groups in total. The van der Waals surface area contributed by atoms with Crippen LogP contribution in [0.2, 0.25) is 0 Å². The molecule has 13 heteroatoms. The maximum atomic E-state index is 13.1. The molecule has 194 valence electrons. The molecule has 3 heterocycles. The lowest BCUT2D eigenvalue weighted by atomic mass is 10.1. The molecular formula is C24H26IN7O5. The molecule has 1 atom stereocenters. The molecule has 0 saturated carbocycles. The highest BCUT2D eigenvalue weighted by Crippen LogP contribution is 2.27. The topological polar surface area (TPSA) is 165 Å². The molecule has 3 aromatic rings. The Kier molecular flexibility index (Phi) is 9.03. The number of nitrogens with one attached hydrogen (secondary N) is 2. The number of pyridine rings is 1. The van der Waals surface area contributed by atoms with Crippen molar-refractivity contribution >= 4 is 51.9 Å². The Bertz CT molecular complexity index is 1240. The number of carbonyl (C=O) groups excluding carboxylic acids is 1. The highest BCUT2D eigenvalue weighted by molar-refractivity contribution is 14.1. The predicted molar refractivity (Wildman–Crippen MR) is 146 cm³/mol. The summed E-state index contributed by atoms with van der Waals surface area (Å²) in [6.45, 7) is 2.87. The van der Waals surface area contributed by atoms with Crippen molar-refractivity contribution in [2.75, 3.05) is 48.9 Å². The van der Waals surface area contributed by atoms with E-state index in [1.54, 1.807) is 36.7 Å². The number of nitrogen functional groups attached to an aromatic ring is 1. The van der Waals surface area contributed by atoms with Crippen LogP contribution in [0.25, 0.3) is 11.3 Å². The third-order valence-corrected chi connectivity index (χ3v) is 6.42. The number of nitrogens with zero attached hydrogens (tertiary/aromatic N) is 4. The number of amides is 1. The van der Waals surface area contributed by atoms with E-state index in [1.165, 1.54) is 6.20 Å². The fourth-order valence-electron chi connectivity index (χ4n) is 3.69. The van der Waals surface area contributed by atoms with E-state index in [0.29, 0.717) is 55.4 Å². The van der Waals surface area contributed by atoms with Crippen molar-refractivity contribution in [2.45, 2.75) is 12.5 Å². The zero-order valence-corrected chi connectivity index (χ0v) is 21.9. The van der Waals surface area contributed by atoms with Crippen LogP contribution >= 0.6 is 22.9 Å². The Morgan fingerprint density at radius 1 is 1.19 bits per heavy atom. The van der Waals surface area contributed by atoms with Crippen LogP contribution in [0.15, 0.2) is 48.9 Å². The lowest BCUT2D eigenvalue weighted by molar-refractivity contribution is -0.139. The van der Waals surface area contributed by atoms with Gasteiger partial charge in [-0.2, -0.15) is 0 Å². The van der Waals surface area contributed by atoms with Crippen molar-refractivity contribution in [3.63, 3.8) is 0 Å². The molecule has 37 heavy (non-hydrogen) atoms. The monoisotopic (exact) mass is 619 g/mol. The quantitative estimate of drug-likeness (QED) is 0.195. The van der Waals surface area contributed by atoms with Gasteiger partial charge in [-0.15, -0.1) is 0 Å². The summed E-state index contributed by atoms with van der Waals surface area (Å²) in [5.74, 6) is -0.841. The van der Waals surface area contributed by atoms with Gasteiger partial charge in [0, 0.05) is 54.1 Å². The molecule has 0 spiro atoms. The third-order valence-electron chi connectivity index (χ3n) is 5.67. The minimum absolute atomic E-state index is 0.000572. The van der Waals surface area contributed by atoms with E-state index in [0.717, 1.165) is 5.69 Å². The minimum Gasteiger partial charge on any atom is -0.494 e. The van der Waals surface area contributed by atoms with Gasteiger partial charge in [-0.3, -0.25) is 14.6 Å². The van der Waals surface area contributed by atoms with Gasteiger partial charge in [-0.25, -0.2) is 13.5 Å². The van der Waals surface area contributed by atoms with Gasteiger partial charge in [0.1, 0.15) is 11.8 Å². The lowest BCUT2D eigenvalue weighted by Gasteiger charge is -2.30. The van der Waals surface area contributed by atoms with Gasteiger partial charge >= 0.3 is 5.97 Å². The molecule has 0 radical (unpaired) electrons. The molecule has 0 unspecified atom stereocenters. The third kappa shape index (κ3) is 6.81. The second-order valence-corrected chi connectivity index (χ2v) is 8.72. The summed E-state index contributed by atoms with van der Waals surface area (Å²) in [4.78, 5) is 39.1. The number of hydrogen-bond donors (Lipinski definition) is 4. The maximum Gasteiger partial charge on any atom is 0.321 e. The van der Waals surface area contributed by atoms with Crippen molar-refractivity contribution in [1.82, 2.24) is 18.5 Å². The summed E-state index contributed by atoms with van der Waals surface area (Å²) in [6, 6.07) is 8.19. The van der Waals surface area contributed by atoms with Crippen LogP contribution < -0.4 is 24.2 Å². The summed E-state index contributed by atoms with van der Waals surface area (Å²) in [7, 11) is 0. The molecule has 4 rings (SSSR count). The number of aliphatic carboxylic acids is 1. The Balaban J connectivity index is 1.45. The Morgan fingerprint density at radius 3 is 2.65 bits per heavy atom. The van der Waals surface area contributed by atoms with Crippen LogP contribution in [-0.2, 0) is 9.53 Å². The summed E-state index contributed by atoms with van der Waals surface area (Å²) < 4.78 is 13.8. The van der Waals surface area contributed by atoms with Crippen molar-refractivity contribution < 1.29 is 24.2 Å². The zero-order chi connectivity index (χ0) is 26.2. The molecule has 0 bridgehead atoms. The van der Waals surface area contributed by atoms with Gasteiger partial charge in [0.25, 0.3) is 5.91 Å². The SMILES string of the molecule is Nc1ncc(-c2ccc(OCC[C@H](NI)C(=O)O)cc2)nc1C(=O)Nc1cnccc1N1CCOCC1. The summed E-state index contributed by atoms with van der Waals surface area (Å²) in [6.07, 6.45) is 5.07. The zero-order valence-electron chi connectivity index (χ0n) is 19.8. The number of benzene rings is 1. The number of halogens is 1. The highest BCUT2D eigenvalue weighted by Gasteiger charge is 2.20. The van der Waals surface area contributed by atoms with E-state index in [4.69, 9.17) is 20.3 Å². The Hall–Kier alpha value is -3.56. The first kappa shape index (κ1) is 26.5. The number of nitrogens with two attached hydrogens (primary N) is 1. The van der Waals surface area contributed by atoms with E-state index >= 15 is 0 Å². The van der Waals surface area contributed by atoms with Crippen LogP contribution in [0.4, 0.5) is 17.2 Å². The van der Waals surface area contributed by atoms with Crippen molar-refractivity contribution in [2.24, 2.45) is 0 Å². The summed E-state index contributed by atoms with van der Waals surface area (Å²) in [5.41, 5.74) is 8.56. The number of carboxylic acid groups (broad SMARTS) is 1. The number of aromatic nitrogens is 3. The van der Waals surface area contributed by atoms with E-state index in [-0.39, 0.29) is 18.1 Å². The number of hydrogen-bond acceptors (Lipinski definition) is 10. The van der Waals surface area contributed by atoms with Crippen LogP contribution in [0.3, 0.4) is 0 Å². The molecule has 1 aromatic carbocycles. The smallest absolute Gasteiger partial charge is 0.321 e. The first-order chi connectivity index (χ1) is 18.0. The van der Waals surface area contributed by atoms with E-state index < -0.39 is 17.9 Å². The second-order valence-electron chi connectivity index (χ2n) is 8.10. The van der Waals surface area contributed by atoms with Crippen LogP contribution in [0.1, 0.15) is 16.9 Å². The molecule has 12 nitrogen and oxygen atoms in total. The van der Waals surface area contributed by atoms with Gasteiger partial charge in [-0.1, -0.05) is 0 Å². The number of rotatable bonds is 10. The second kappa shape index (κ2) is 12.6.